The number of nitrogens with zero attached hydrogens (tertiary/aromatic N) is 1. The zero-order valence-corrected chi connectivity index (χ0v) is 15.9. The molecule has 0 saturated carbocycles. The number of nitrogens with one attached hydrogen (secondary N) is 1. The maximum atomic E-state index is 11.3. The minimum Gasteiger partial charge on any atom is -0.492 e. The smallest absolute Gasteiger partial charge is 0.325 e. The Labute approximate surface area is 156 Å². The summed E-state index contributed by atoms with van der Waals surface area (Å²) in [5, 5.41) is 12.1. The second-order valence-corrected chi connectivity index (χ2v) is 4.96. The van der Waals surface area contributed by atoms with Crippen LogP contribution in [-0.2, 0) is 4.79 Å². The molecule has 140 valence electrons. The van der Waals surface area contributed by atoms with Gasteiger partial charge >= 0.3 is 5.97 Å². The highest BCUT2D eigenvalue weighted by Gasteiger charge is 2.18. The first kappa shape index (κ1) is 25.2. The van der Waals surface area contributed by atoms with Crippen LogP contribution in [-0.4, -0.2) is 55.3 Å². The summed E-state index contributed by atoms with van der Waals surface area (Å²) in [5.74, 6) is -0.164. The quantitative estimate of drug-likeness (QED) is 0.542. The lowest BCUT2D eigenvalue weighted by Crippen LogP contribution is -2.32. The van der Waals surface area contributed by atoms with Crippen LogP contribution in [0.4, 0.5) is 0 Å². The molecule has 1 aromatic carbocycles. The largest absolute Gasteiger partial charge is 0.492 e. The van der Waals surface area contributed by atoms with Gasteiger partial charge in [0.25, 0.3) is 0 Å². The number of hydrogen-bond donors (Lipinski definition) is 3. The van der Waals surface area contributed by atoms with E-state index in [1.807, 2.05) is 0 Å². The highest BCUT2D eigenvalue weighted by molar-refractivity contribution is 5.85. The molecule has 0 bridgehead atoms. The fourth-order valence-electron chi connectivity index (χ4n) is 2.16. The average Bonchev–Trinajstić information content (AvgIpc) is 2.53. The lowest BCUT2D eigenvalue weighted by Gasteiger charge is -2.18. The van der Waals surface area contributed by atoms with Gasteiger partial charge < -0.3 is 20.5 Å². The predicted octanol–water partition coefficient (Wildman–Crippen LogP) is 1.92. The summed E-state index contributed by atoms with van der Waals surface area (Å²) in [4.78, 5) is 13.5. The minimum absolute atomic E-state index is 0. The SMILES string of the molecule is CCN(CC)CCOc1ccc(C(NCCN)C(=O)O)cc1.Cl.Cl. The molecule has 1 aromatic rings. The van der Waals surface area contributed by atoms with E-state index in [1.165, 1.54) is 0 Å². The van der Waals surface area contributed by atoms with Gasteiger partial charge in [-0.1, -0.05) is 26.0 Å². The molecule has 0 aliphatic rings. The Kier molecular flexibility index (Phi) is 15.0. The Morgan fingerprint density at radius 2 is 1.83 bits per heavy atom. The van der Waals surface area contributed by atoms with Crippen LogP contribution in [0.2, 0.25) is 0 Å². The number of carboxylic acids is 1. The van der Waals surface area contributed by atoms with E-state index >= 15 is 0 Å². The van der Waals surface area contributed by atoms with Crippen molar-refractivity contribution in [2.45, 2.75) is 19.9 Å². The van der Waals surface area contributed by atoms with Crippen molar-refractivity contribution in [1.29, 1.82) is 0 Å². The van der Waals surface area contributed by atoms with Crippen molar-refractivity contribution in [2.24, 2.45) is 5.73 Å². The fourth-order valence-corrected chi connectivity index (χ4v) is 2.16. The highest BCUT2D eigenvalue weighted by Crippen LogP contribution is 2.18. The highest BCUT2D eigenvalue weighted by atomic mass is 35.5. The lowest BCUT2D eigenvalue weighted by atomic mass is 10.1. The van der Waals surface area contributed by atoms with Gasteiger partial charge in [-0.3, -0.25) is 10.1 Å². The van der Waals surface area contributed by atoms with E-state index in [-0.39, 0.29) is 24.8 Å². The molecule has 0 heterocycles. The van der Waals surface area contributed by atoms with Gasteiger partial charge in [0.2, 0.25) is 0 Å². The van der Waals surface area contributed by atoms with Crippen LogP contribution >= 0.6 is 24.8 Å². The number of benzene rings is 1. The number of rotatable bonds is 11. The van der Waals surface area contributed by atoms with Crippen LogP contribution in [0.5, 0.6) is 5.75 Å². The number of ether oxygens (including phenoxy) is 1. The van der Waals surface area contributed by atoms with Gasteiger partial charge in [-0.05, 0) is 30.8 Å². The number of carboxylic acid groups (broad SMARTS) is 1. The predicted molar refractivity (Wildman–Crippen MR) is 102 cm³/mol. The van der Waals surface area contributed by atoms with E-state index in [4.69, 9.17) is 10.5 Å². The summed E-state index contributed by atoms with van der Waals surface area (Å²) in [5.41, 5.74) is 6.09. The molecule has 1 atom stereocenters. The van der Waals surface area contributed by atoms with Crippen molar-refractivity contribution in [3.05, 3.63) is 29.8 Å². The third kappa shape index (κ3) is 8.70. The maximum Gasteiger partial charge on any atom is 0.325 e. The first-order valence-corrected chi connectivity index (χ1v) is 7.73. The monoisotopic (exact) mass is 381 g/mol. The molecule has 1 rings (SSSR count). The van der Waals surface area contributed by atoms with Crippen molar-refractivity contribution in [3.8, 4) is 5.75 Å². The standard InChI is InChI=1S/C16H27N3O3.2ClH/c1-3-19(4-2)11-12-22-14-7-5-13(6-8-14)15(16(20)21)18-10-9-17;;/h5-8,15,18H,3-4,9-12,17H2,1-2H3,(H,20,21);2*1H. The second-order valence-electron chi connectivity index (χ2n) is 4.96. The summed E-state index contributed by atoms with van der Waals surface area (Å²) in [7, 11) is 0. The van der Waals surface area contributed by atoms with Gasteiger partial charge in [-0.25, -0.2) is 0 Å². The zero-order valence-electron chi connectivity index (χ0n) is 14.2. The summed E-state index contributed by atoms with van der Waals surface area (Å²) in [6.45, 7) is 8.62. The van der Waals surface area contributed by atoms with Crippen LogP contribution in [0.15, 0.2) is 24.3 Å². The Balaban J connectivity index is 0. The summed E-state index contributed by atoms with van der Waals surface area (Å²) in [6.07, 6.45) is 0. The van der Waals surface area contributed by atoms with Crippen molar-refractivity contribution in [3.63, 3.8) is 0 Å². The molecule has 0 spiro atoms. The number of aliphatic carboxylic acids is 1. The van der Waals surface area contributed by atoms with E-state index in [0.29, 0.717) is 25.3 Å². The summed E-state index contributed by atoms with van der Waals surface area (Å²) < 4.78 is 5.69. The summed E-state index contributed by atoms with van der Waals surface area (Å²) >= 11 is 0. The van der Waals surface area contributed by atoms with Crippen molar-refractivity contribution < 1.29 is 14.6 Å². The van der Waals surface area contributed by atoms with E-state index in [9.17, 15) is 9.90 Å². The lowest BCUT2D eigenvalue weighted by molar-refractivity contribution is -0.139. The molecular weight excluding hydrogens is 353 g/mol. The topological polar surface area (TPSA) is 87.8 Å². The third-order valence-corrected chi connectivity index (χ3v) is 3.52. The molecule has 0 saturated heterocycles. The number of carbonyl (C=O) groups is 1. The Morgan fingerprint density at radius 3 is 2.29 bits per heavy atom. The Hall–Kier alpha value is -1.05. The van der Waals surface area contributed by atoms with Crippen molar-refractivity contribution in [2.75, 3.05) is 39.3 Å². The van der Waals surface area contributed by atoms with Gasteiger partial charge in [0.05, 0.1) is 0 Å². The normalized spacial score (nSPS) is 11.3. The minimum atomic E-state index is -0.913. The molecule has 0 radical (unpaired) electrons. The number of hydrogen-bond acceptors (Lipinski definition) is 5. The van der Waals surface area contributed by atoms with Crippen LogP contribution in [0.25, 0.3) is 0 Å². The average molecular weight is 382 g/mol. The molecule has 0 aliphatic heterocycles. The first-order chi connectivity index (χ1) is 10.6. The van der Waals surface area contributed by atoms with Crippen LogP contribution in [0.1, 0.15) is 25.5 Å². The zero-order chi connectivity index (χ0) is 16.4. The van der Waals surface area contributed by atoms with E-state index in [1.54, 1.807) is 24.3 Å². The number of halogens is 2. The molecule has 1 unspecified atom stereocenters. The van der Waals surface area contributed by atoms with Crippen LogP contribution in [0.3, 0.4) is 0 Å². The molecule has 6 nitrogen and oxygen atoms in total. The Morgan fingerprint density at radius 1 is 1.25 bits per heavy atom. The molecule has 24 heavy (non-hydrogen) atoms. The molecule has 0 fully saturated rings. The van der Waals surface area contributed by atoms with Crippen LogP contribution < -0.4 is 15.8 Å². The summed E-state index contributed by atoms with van der Waals surface area (Å²) in [6, 6.07) is 6.41. The van der Waals surface area contributed by atoms with E-state index in [0.717, 1.165) is 25.4 Å². The molecule has 4 N–H and O–H groups in total. The second kappa shape index (κ2) is 14.3. The van der Waals surface area contributed by atoms with Crippen molar-refractivity contribution >= 4 is 30.8 Å². The first-order valence-electron chi connectivity index (χ1n) is 7.73. The van der Waals surface area contributed by atoms with Gasteiger partial charge in [0, 0.05) is 19.6 Å². The van der Waals surface area contributed by atoms with Gasteiger partial charge in [-0.15, -0.1) is 24.8 Å². The van der Waals surface area contributed by atoms with E-state index in [2.05, 4.69) is 24.1 Å². The Bertz CT molecular complexity index is 443. The molecular formula is C16H29Cl2N3O3. The molecule has 8 heteroatoms. The molecule has 0 amide bonds. The van der Waals surface area contributed by atoms with Gasteiger partial charge in [-0.2, -0.15) is 0 Å². The third-order valence-electron chi connectivity index (χ3n) is 3.52. The van der Waals surface area contributed by atoms with Gasteiger partial charge in [0.1, 0.15) is 18.4 Å². The number of likely N-dealkylation sites (N-methyl/N-ethyl adjacent to an activating group) is 1. The maximum absolute atomic E-state index is 11.3. The van der Waals surface area contributed by atoms with Crippen molar-refractivity contribution in [1.82, 2.24) is 10.2 Å². The van der Waals surface area contributed by atoms with Crippen LogP contribution in [0, 0.1) is 0 Å². The van der Waals surface area contributed by atoms with Gasteiger partial charge in [0.15, 0.2) is 0 Å². The molecule has 0 aromatic heterocycles. The number of nitrogens with two attached hydrogens (primary N) is 1. The fraction of sp³-hybridized carbons (Fsp3) is 0.562. The van der Waals surface area contributed by atoms with E-state index < -0.39 is 12.0 Å². The molecule has 0 aliphatic carbocycles.